The second kappa shape index (κ2) is 7.21. The van der Waals surface area contributed by atoms with E-state index in [0.29, 0.717) is 6.61 Å². The lowest BCUT2D eigenvalue weighted by Crippen LogP contribution is -1.98. The second-order valence-electron chi connectivity index (χ2n) is 4.51. The number of ether oxygens (including phenoxy) is 1. The first-order valence-electron chi connectivity index (χ1n) is 6.74. The van der Waals surface area contributed by atoms with E-state index >= 15 is 0 Å². The van der Waals surface area contributed by atoms with Crippen molar-refractivity contribution in [2.75, 3.05) is 6.61 Å². The zero-order valence-electron chi connectivity index (χ0n) is 11.7. The van der Waals surface area contributed by atoms with Crippen LogP contribution in [0.4, 0.5) is 0 Å². The Kier molecular flexibility index (Phi) is 5.03. The van der Waals surface area contributed by atoms with E-state index in [1.807, 2.05) is 42.5 Å². The molecule has 2 rings (SSSR count). The molecule has 0 aromatic heterocycles. The summed E-state index contributed by atoms with van der Waals surface area (Å²) in [6, 6.07) is 18.0. The molecule has 0 amide bonds. The number of aryl methyl sites for hydroxylation is 1. The Bertz CT molecular complexity index is 612. The average molecular weight is 262 g/mol. The van der Waals surface area contributed by atoms with Crippen molar-refractivity contribution in [3.63, 3.8) is 0 Å². The summed E-state index contributed by atoms with van der Waals surface area (Å²) in [4.78, 5) is 0. The summed E-state index contributed by atoms with van der Waals surface area (Å²) < 4.78 is 5.65. The number of benzene rings is 2. The Morgan fingerprint density at radius 3 is 2.40 bits per heavy atom. The van der Waals surface area contributed by atoms with Crippen LogP contribution in [0.5, 0.6) is 5.75 Å². The van der Waals surface area contributed by atoms with E-state index in [2.05, 4.69) is 37.5 Å². The van der Waals surface area contributed by atoms with Crippen LogP contribution in [-0.4, -0.2) is 6.61 Å². The Balaban J connectivity index is 1.87. The molecule has 100 valence electrons. The molecule has 0 saturated carbocycles. The molecule has 0 aliphatic carbocycles. The molecule has 0 saturated heterocycles. The van der Waals surface area contributed by atoms with E-state index in [9.17, 15) is 0 Å². The fourth-order valence-corrected chi connectivity index (χ4v) is 1.71. The predicted octanol–water partition coefficient (Wildman–Crippen LogP) is 4.24. The number of hydrogen-bond acceptors (Lipinski definition) is 1. The molecule has 0 radical (unpaired) electrons. The molecule has 0 spiro atoms. The normalized spacial score (nSPS) is 9.45. The third-order valence-electron chi connectivity index (χ3n) is 2.90. The fourth-order valence-electron chi connectivity index (χ4n) is 1.71. The van der Waals surface area contributed by atoms with Crippen molar-refractivity contribution in [1.29, 1.82) is 0 Å². The molecule has 1 heteroatoms. The Morgan fingerprint density at radius 1 is 1.05 bits per heavy atom. The van der Waals surface area contributed by atoms with Gasteiger partial charge in [0.1, 0.15) is 12.4 Å². The van der Waals surface area contributed by atoms with Gasteiger partial charge in [0.2, 0.25) is 0 Å². The standard InChI is InChI=1S/C19H18O/c1-3-17-11-13-19(14-12-17)20-15-16(2)9-10-18-7-5-4-6-8-18/h4-8,11-14H,2-3,15H2,1H3. The topological polar surface area (TPSA) is 9.23 Å². The van der Waals surface area contributed by atoms with Crippen molar-refractivity contribution in [3.8, 4) is 17.6 Å². The quantitative estimate of drug-likeness (QED) is 0.749. The largest absolute Gasteiger partial charge is 0.488 e. The summed E-state index contributed by atoms with van der Waals surface area (Å²) in [6.45, 7) is 6.48. The van der Waals surface area contributed by atoms with Crippen LogP contribution < -0.4 is 4.74 Å². The monoisotopic (exact) mass is 262 g/mol. The average Bonchev–Trinajstić information content (AvgIpc) is 2.52. The summed E-state index contributed by atoms with van der Waals surface area (Å²) in [6.07, 6.45) is 1.04. The maximum Gasteiger partial charge on any atom is 0.120 e. The van der Waals surface area contributed by atoms with Gasteiger partial charge in [-0.25, -0.2) is 0 Å². The lowest BCUT2D eigenvalue weighted by Gasteiger charge is -2.05. The minimum Gasteiger partial charge on any atom is -0.488 e. The van der Waals surface area contributed by atoms with Gasteiger partial charge in [-0.1, -0.05) is 55.7 Å². The van der Waals surface area contributed by atoms with Gasteiger partial charge in [0, 0.05) is 11.1 Å². The van der Waals surface area contributed by atoms with Crippen LogP contribution in [-0.2, 0) is 6.42 Å². The summed E-state index contributed by atoms with van der Waals surface area (Å²) in [5, 5.41) is 0. The molecule has 0 aliphatic heterocycles. The lowest BCUT2D eigenvalue weighted by molar-refractivity contribution is 0.357. The maximum absolute atomic E-state index is 5.65. The molecule has 1 nitrogen and oxygen atoms in total. The van der Waals surface area contributed by atoms with Gasteiger partial charge in [0.25, 0.3) is 0 Å². The minimum absolute atomic E-state index is 0.422. The van der Waals surface area contributed by atoms with Crippen LogP contribution in [0.15, 0.2) is 66.7 Å². The van der Waals surface area contributed by atoms with Gasteiger partial charge in [-0.2, -0.15) is 0 Å². The smallest absolute Gasteiger partial charge is 0.120 e. The van der Waals surface area contributed by atoms with Crippen LogP contribution in [0.3, 0.4) is 0 Å². The first kappa shape index (κ1) is 14.0. The summed E-state index contributed by atoms with van der Waals surface area (Å²) in [5.74, 6) is 6.94. The summed E-state index contributed by atoms with van der Waals surface area (Å²) >= 11 is 0. The molecular formula is C19H18O. The highest BCUT2D eigenvalue weighted by atomic mass is 16.5. The molecule has 0 heterocycles. The zero-order valence-corrected chi connectivity index (χ0v) is 11.7. The van der Waals surface area contributed by atoms with E-state index in [0.717, 1.165) is 23.3 Å². The van der Waals surface area contributed by atoms with Gasteiger partial charge < -0.3 is 4.74 Å². The molecule has 0 N–H and O–H groups in total. The van der Waals surface area contributed by atoms with Crippen molar-refractivity contribution in [1.82, 2.24) is 0 Å². The fraction of sp³-hybridized carbons (Fsp3) is 0.158. The SMILES string of the molecule is C=C(C#Cc1ccccc1)COc1ccc(CC)cc1. The molecule has 0 fully saturated rings. The lowest BCUT2D eigenvalue weighted by atomic mass is 10.2. The van der Waals surface area contributed by atoms with E-state index in [1.54, 1.807) is 0 Å². The molecule has 0 unspecified atom stereocenters. The van der Waals surface area contributed by atoms with Crippen molar-refractivity contribution < 1.29 is 4.74 Å². The highest BCUT2D eigenvalue weighted by molar-refractivity contribution is 5.40. The third-order valence-corrected chi connectivity index (χ3v) is 2.90. The van der Waals surface area contributed by atoms with Crippen molar-refractivity contribution in [2.24, 2.45) is 0 Å². The zero-order chi connectivity index (χ0) is 14.2. The first-order chi connectivity index (χ1) is 9.78. The number of hydrogen-bond donors (Lipinski definition) is 0. The van der Waals surface area contributed by atoms with Gasteiger partial charge in [-0.3, -0.25) is 0 Å². The Morgan fingerprint density at radius 2 is 1.75 bits per heavy atom. The van der Waals surface area contributed by atoms with E-state index in [-0.39, 0.29) is 0 Å². The van der Waals surface area contributed by atoms with Crippen LogP contribution in [0.25, 0.3) is 0 Å². The van der Waals surface area contributed by atoms with Gasteiger partial charge in [0.05, 0.1) is 0 Å². The van der Waals surface area contributed by atoms with E-state index < -0.39 is 0 Å². The van der Waals surface area contributed by atoms with Gasteiger partial charge >= 0.3 is 0 Å². The predicted molar refractivity (Wildman–Crippen MR) is 83.8 cm³/mol. The molecule has 2 aromatic rings. The van der Waals surface area contributed by atoms with Gasteiger partial charge in [-0.15, -0.1) is 0 Å². The van der Waals surface area contributed by atoms with Crippen LogP contribution >= 0.6 is 0 Å². The highest BCUT2D eigenvalue weighted by Gasteiger charge is 1.95. The minimum atomic E-state index is 0.422. The molecule has 0 bridgehead atoms. The van der Waals surface area contributed by atoms with E-state index in [1.165, 1.54) is 5.56 Å². The molecular weight excluding hydrogens is 244 g/mol. The van der Waals surface area contributed by atoms with Gasteiger partial charge in [0.15, 0.2) is 0 Å². The Hall–Kier alpha value is -2.46. The number of rotatable bonds is 4. The van der Waals surface area contributed by atoms with Crippen molar-refractivity contribution in [3.05, 3.63) is 77.9 Å². The highest BCUT2D eigenvalue weighted by Crippen LogP contribution is 2.13. The summed E-state index contributed by atoms with van der Waals surface area (Å²) in [7, 11) is 0. The molecule has 2 aromatic carbocycles. The van der Waals surface area contributed by atoms with Crippen LogP contribution in [0.2, 0.25) is 0 Å². The van der Waals surface area contributed by atoms with E-state index in [4.69, 9.17) is 4.74 Å². The van der Waals surface area contributed by atoms with Crippen molar-refractivity contribution >= 4 is 0 Å². The van der Waals surface area contributed by atoms with Crippen LogP contribution in [0.1, 0.15) is 18.1 Å². The summed E-state index contributed by atoms with van der Waals surface area (Å²) in [5.41, 5.74) is 3.06. The third kappa shape index (κ3) is 4.33. The molecule has 0 aliphatic rings. The van der Waals surface area contributed by atoms with Crippen molar-refractivity contribution in [2.45, 2.75) is 13.3 Å². The Labute approximate surface area is 120 Å². The second-order valence-corrected chi connectivity index (χ2v) is 4.51. The van der Waals surface area contributed by atoms with Gasteiger partial charge in [-0.05, 0) is 36.2 Å². The maximum atomic E-state index is 5.65. The first-order valence-corrected chi connectivity index (χ1v) is 6.74. The van der Waals surface area contributed by atoms with Crippen LogP contribution in [0, 0.1) is 11.8 Å². The molecule has 0 atom stereocenters. The molecule has 20 heavy (non-hydrogen) atoms.